The Morgan fingerprint density at radius 3 is 2.43 bits per heavy atom. The molecule has 0 saturated carbocycles. The molecule has 0 aliphatic heterocycles. The lowest BCUT2D eigenvalue weighted by atomic mass is 9.95. The minimum atomic E-state index is -0.368. The minimum Gasteiger partial charge on any atom is -0.489 e. The van der Waals surface area contributed by atoms with Crippen LogP contribution in [-0.2, 0) is 6.61 Å². The van der Waals surface area contributed by atoms with Crippen molar-refractivity contribution in [3.63, 3.8) is 0 Å². The Labute approximate surface area is 179 Å². The van der Waals surface area contributed by atoms with Crippen LogP contribution in [0.15, 0.2) is 66.9 Å². The van der Waals surface area contributed by atoms with E-state index in [1.165, 1.54) is 18.3 Å². The topological polar surface area (TPSA) is 39.2 Å². The van der Waals surface area contributed by atoms with Crippen LogP contribution in [0.4, 0.5) is 4.39 Å². The maximum absolute atomic E-state index is 13.6. The van der Waals surface area contributed by atoms with E-state index in [0.29, 0.717) is 50.5 Å². The van der Waals surface area contributed by atoms with Crippen LogP contribution in [-0.4, -0.2) is 10.8 Å². The predicted octanol–water partition coefficient (Wildman–Crippen LogP) is 6.45. The van der Waals surface area contributed by atoms with E-state index in [9.17, 15) is 9.18 Å². The Kier molecular flexibility index (Phi) is 5.51. The van der Waals surface area contributed by atoms with Crippen LogP contribution in [0.5, 0.6) is 5.75 Å². The number of hydrogen-bond donors (Lipinski definition) is 0. The van der Waals surface area contributed by atoms with E-state index in [2.05, 4.69) is 4.98 Å². The van der Waals surface area contributed by atoms with Gasteiger partial charge in [0, 0.05) is 23.2 Å². The Balaban J connectivity index is 1.65. The maximum Gasteiger partial charge on any atom is 0.196 e. The zero-order chi connectivity index (χ0) is 21.3. The fourth-order valence-electron chi connectivity index (χ4n) is 3.53. The molecular formula is C25H19ClFNO2. The average Bonchev–Trinajstić information content (AvgIpc) is 2.72. The highest BCUT2D eigenvalue weighted by Crippen LogP contribution is 2.31. The molecule has 0 saturated heterocycles. The Hall–Kier alpha value is -3.24. The summed E-state index contributed by atoms with van der Waals surface area (Å²) in [7, 11) is 0. The van der Waals surface area contributed by atoms with Gasteiger partial charge in [-0.1, -0.05) is 41.9 Å². The SMILES string of the molecule is Cc1cc(F)cc(C)c1C(=O)c1cnc2cc(OCc3ccccc3)ccc2c1Cl. The van der Waals surface area contributed by atoms with Gasteiger partial charge in [0.15, 0.2) is 5.78 Å². The smallest absolute Gasteiger partial charge is 0.196 e. The van der Waals surface area contributed by atoms with Crippen LogP contribution < -0.4 is 4.74 Å². The van der Waals surface area contributed by atoms with E-state index in [0.717, 1.165) is 5.56 Å². The number of aromatic nitrogens is 1. The molecule has 0 atom stereocenters. The molecule has 0 N–H and O–H groups in total. The van der Waals surface area contributed by atoms with Gasteiger partial charge in [0.2, 0.25) is 0 Å². The number of aryl methyl sites for hydroxylation is 2. The fourth-order valence-corrected chi connectivity index (χ4v) is 3.83. The molecule has 30 heavy (non-hydrogen) atoms. The van der Waals surface area contributed by atoms with Crippen LogP contribution in [0.25, 0.3) is 10.9 Å². The third-order valence-electron chi connectivity index (χ3n) is 4.99. The van der Waals surface area contributed by atoms with Crippen LogP contribution in [0, 0.1) is 19.7 Å². The lowest BCUT2D eigenvalue weighted by molar-refractivity contribution is 0.103. The number of fused-ring (bicyclic) bond motifs is 1. The summed E-state index contributed by atoms with van der Waals surface area (Å²) < 4.78 is 19.5. The highest BCUT2D eigenvalue weighted by molar-refractivity contribution is 6.39. The van der Waals surface area contributed by atoms with E-state index in [-0.39, 0.29) is 11.6 Å². The van der Waals surface area contributed by atoms with Crippen molar-refractivity contribution >= 4 is 28.3 Å². The summed E-state index contributed by atoms with van der Waals surface area (Å²) in [6.45, 7) is 3.86. The standard InChI is InChI=1S/C25H19ClFNO2/c1-15-10-18(27)11-16(2)23(15)25(29)21-13-28-22-12-19(8-9-20(22)24(21)26)30-14-17-6-4-3-5-7-17/h3-13H,14H2,1-2H3. The zero-order valence-corrected chi connectivity index (χ0v) is 17.3. The number of carbonyl (C=O) groups is 1. The van der Waals surface area contributed by atoms with E-state index in [1.807, 2.05) is 36.4 Å². The van der Waals surface area contributed by atoms with Gasteiger partial charge in [-0.2, -0.15) is 0 Å². The number of carbonyl (C=O) groups excluding carboxylic acids is 1. The predicted molar refractivity (Wildman–Crippen MR) is 117 cm³/mol. The summed E-state index contributed by atoms with van der Waals surface area (Å²) >= 11 is 6.57. The molecule has 0 amide bonds. The van der Waals surface area contributed by atoms with Crippen molar-refractivity contribution in [2.45, 2.75) is 20.5 Å². The first-order valence-electron chi connectivity index (χ1n) is 9.50. The molecule has 4 aromatic rings. The molecule has 1 heterocycles. The Bertz CT molecular complexity index is 1230. The van der Waals surface area contributed by atoms with Crippen LogP contribution in [0.2, 0.25) is 5.02 Å². The molecule has 3 nitrogen and oxygen atoms in total. The first-order chi connectivity index (χ1) is 14.4. The van der Waals surface area contributed by atoms with Crippen molar-refractivity contribution in [3.8, 4) is 5.75 Å². The number of halogens is 2. The molecule has 3 aromatic carbocycles. The van der Waals surface area contributed by atoms with Crippen LogP contribution in [0.3, 0.4) is 0 Å². The zero-order valence-electron chi connectivity index (χ0n) is 16.6. The number of benzene rings is 3. The quantitative estimate of drug-likeness (QED) is 0.349. The molecule has 0 aliphatic carbocycles. The van der Waals surface area contributed by atoms with Gasteiger partial charge in [-0.15, -0.1) is 0 Å². The summed E-state index contributed by atoms with van der Waals surface area (Å²) in [5.74, 6) is 0.0281. The summed E-state index contributed by atoms with van der Waals surface area (Å²) in [6.07, 6.45) is 1.47. The number of pyridine rings is 1. The minimum absolute atomic E-state index is 0.270. The highest BCUT2D eigenvalue weighted by Gasteiger charge is 2.20. The van der Waals surface area contributed by atoms with Gasteiger partial charge < -0.3 is 4.74 Å². The molecule has 1 aromatic heterocycles. The van der Waals surface area contributed by atoms with Crippen molar-refractivity contribution in [1.29, 1.82) is 0 Å². The van der Waals surface area contributed by atoms with Gasteiger partial charge in [0.1, 0.15) is 18.2 Å². The van der Waals surface area contributed by atoms with Crippen molar-refractivity contribution in [2.24, 2.45) is 0 Å². The van der Waals surface area contributed by atoms with E-state index in [1.54, 1.807) is 26.0 Å². The monoisotopic (exact) mass is 419 g/mol. The molecule has 4 rings (SSSR count). The first kappa shape index (κ1) is 20.0. The second-order valence-electron chi connectivity index (χ2n) is 7.18. The second-order valence-corrected chi connectivity index (χ2v) is 7.56. The van der Waals surface area contributed by atoms with Crippen molar-refractivity contribution in [2.75, 3.05) is 0 Å². The van der Waals surface area contributed by atoms with Crippen LogP contribution in [0.1, 0.15) is 32.6 Å². The average molecular weight is 420 g/mol. The molecule has 0 aliphatic rings. The number of rotatable bonds is 5. The second kappa shape index (κ2) is 8.25. The molecule has 0 spiro atoms. The van der Waals surface area contributed by atoms with Gasteiger partial charge >= 0.3 is 0 Å². The summed E-state index contributed by atoms with van der Waals surface area (Å²) in [4.78, 5) is 17.5. The molecule has 5 heteroatoms. The van der Waals surface area contributed by atoms with Gasteiger partial charge in [0.05, 0.1) is 16.1 Å². The Morgan fingerprint density at radius 1 is 1.03 bits per heavy atom. The van der Waals surface area contributed by atoms with Crippen LogP contribution >= 0.6 is 11.6 Å². The van der Waals surface area contributed by atoms with E-state index >= 15 is 0 Å². The highest BCUT2D eigenvalue weighted by atomic mass is 35.5. The third-order valence-corrected chi connectivity index (χ3v) is 5.40. The normalized spacial score (nSPS) is 10.9. The van der Waals surface area contributed by atoms with Gasteiger partial charge in [-0.25, -0.2) is 4.39 Å². The number of ether oxygens (including phenoxy) is 1. The number of hydrogen-bond acceptors (Lipinski definition) is 3. The van der Waals surface area contributed by atoms with Crippen molar-refractivity contribution in [3.05, 3.63) is 106 Å². The Morgan fingerprint density at radius 2 is 1.73 bits per heavy atom. The van der Waals surface area contributed by atoms with Gasteiger partial charge in [-0.3, -0.25) is 9.78 Å². The maximum atomic E-state index is 13.6. The van der Waals surface area contributed by atoms with Gasteiger partial charge in [0.25, 0.3) is 0 Å². The van der Waals surface area contributed by atoms with E-state index in [4.69, 9.17) is 16.3 Å². The molecule has 0 radical (unpaired) electrons. The largest absolute Gasteiger partial charge is 0.489 e. The molecule has 0 bridgehead atoms. The first-order valence-corrected chi connectivity index (χ1v) is 9.88. The lowest BCUT2D eigenvalue weighted by Crippen LogP contribution is -2.08. The molecule has 150 valence electrons. The third kappa shape index (κ3) is 3.91. The molecule has 0 unspecified atom stereocenters. The summed E-state index contributed by atoms with van der Waals surface area (Å²) in [6, 6.07) is 18.0. The number of nitrogens with zero attached hydrogens (tertiary/aromatic N) is 1. The summed E-state index contributed by atoms with van der Waals surface area (Å²) in [5, 5.41) is 0.981. The molecule has 0 fully saturated rings. The number of ketones is 1. The van der Waals surface area contributed by atoms with Crippen molar-refractivity contribution < 1.29 is 13.9 Å². The van der Waals surface area contributed by atoms with Gasteiger partial charge in [-0.05, 0) is 54.8 Å². The molecular weight excluding hydrogens is 401 g/mol. The summed E-state index contributed by atoms with van der Waals surface area (Å²) in [5.41, 5.74) is 3.57. The van der Waals surface area contributed by atoms with Crippen molar-refractivity contribution in [1.82, 2.24) is 4.98 Å². The lowest BCUT2D eigenvalue weighted by Gasteiger charge is -2.12. The fraction of sp³-hybridized carbons (Fsp3) is 0.120. The van der Waals surface area contributed by atoms with E-state index < -0.39 is 0 Å².